The fourth-order valence-corrected chi connectivity index (χ4v) is 2.51. The molecule has 3 heteroatoms. The normalized spacial score (nSPS) is 18.0. The van der Waals surface area contributed by atoms with Crippen molar-refractivity contribution in [3.63, 3.8) is 0 Å². The van der Waals surface area contributed by atoms with E-state index in [1.165, 1.54) is 43.2 Å². The average molecular weight is 232 g/mol. The molecule has 0 aromatic heterocycles. The van der Waals surface area contributed by atoms with Crippen molar-refractivity contribution < 1.29 is 0 Å². The summed E-state index contributed by atoms with van der Waals surface area (Å²) >= 11 is 5.26. The van der Waals surface area contributed by atoms with Crippen molar-refractivity contribution in [2.75, 3.05) is 5.32 Å². The van der Waals surface area contributed by atoms with Gasteiger partial charge in [0.15, 0.2) is 5.11 Å². The van der Waals surface area contributed by atoms with Crippen molar-refractivity contribution in [3.8, 4) is 0 Å². The standard InChI is InChI=1S/C13H16N2S/c16-13(14-11-6-7-11)15-12-5-4-9-2-1-3-10(9)8-12/h4-5,8,11H,1-3,6-7H2,(H2,14,15,16). The van der Waals surface area contributed by atoms with Gasteiger partial charge in [0.25, 0.3) is 0 Å². The number of rotatable bonds is 2. The number of fused-ring (bicyclic) bond motifs is 1. The third-order valence-corrected chi connectivity index (χ3v) is 3.49. The van der Waals surface area contributed by atoms with Crippen LogP contribution in [0.2, 0.25) is 0 Å². The minimum absolute atomic E-state index is 0.620. The lowest BCUT2D eigenvalue weighted by molar-refractivity contribution is 0.911. The number of hydrogen-bond acceptors (Lipinski definition) is 1. The molecule has 0 atom stereocenters. The molecule has 0 radical (unpaired) electrons. The van der Waals surface area contributed by atoms with Crippen LogP contribution in [0.4, 0.5) is 5.69 Å². The van der Waals surface area contributed by atoms with Crippen LogP contribution in [-0.4, -0.2) is 11.2 Å². The van der Waals surface area contributed by atoms with Crippen LogP contribution < -0.4 is 10.6 Å². The second kappa shape index (κ2) is 4.06. The van der Waals surface area contributed by atoms with Gasteiger partial charge in [-0.15, -0.1) is 0 Å². The molecule has 1 fully saturated rings. The number of hydrogen-bond donors (Lipinski definition) is 2. The molecule has 0 aliphatic heterocycles. The van der Waals surface area contributed by atoms with Crippen molar-refractivity contribution in [1.29, 1.82) is 0 Å². The van der Waals surface area contributed by atoms with Gasteiger partial charge in [0, 0.05) is 11.7 Å². The molecule has 0 spiro atoms. The Bertz CT molecular complexity index is 424. The van der Waals surface area contributed by atoms with E-state index in [9.17, 15) is 0 Å². The van der Waals surface area contributed by atoms with Crippen molar-refractivity contribution in [3.05, 3.63) is 29.3 Å². The smallest absolute Gasteiger partial charge is 0.170 e. The van der Waals surface area contributed by atoms with Crippen LogP contribution in [0.5, 0.6) is 0 Å². The van der Waals surface area contributed by atoms with E-state index < -0.39 is 0 Å². The molecule has 1 saturated carbocycles. The van der Waals surface area contributed by atoms with Gasteiger partial charge in [0.2, 0.25) is 0 Å². The summed E-state index contributed by atoms with van der Waals surface area (Å²) in [5.74, 6) is 0. The van der Waals surface area contributed by atoms with Gasteiger partial charge in [0.05, 0.1) is 0 Å². The van der Waals surface area contributed by atoms with Crippen molar-refractivity contribution in [2.24, 2.45) is 0 Å². The molecular formula is C13H16N2S. The Morgan fingerprint density at radius 2 is 2.00 bits per heavy atom. The lowest BCUT2D eigenvalue weighted by Gasteiger charge is -2.10. The predicted molar refractivity (Wildman–Crippen MR) is 70.8 cm³/mol. The molecule has 16 heavy (non-hydrogen) atoms. The Morgan fingerprint density at radius 1 is 1.19 bits per heavy atom. The number of anilines is 1. The Labute approximate surface area is 101 Å². The molecule has 1 aromatic rings. The first kappa shape index (κ1) is 10.1. The van der Waals surface area contributed by atoms with Gasteiger partial charge in [-0.05, 0) is 67.6 Å². The molecule has 0 unspecified atom stereocenters. The van der Waals surface area contributed by atoms with Gasteiger partial charge >= 0.3 is 0 Å². The van der Waals surface area contributed by atoms with E-state index in [2.05, 4.69) is 28.8 Å². The van der Waals surface area contributed by atoms with Gasteiger partial charge in [0.1, 0.15) is 0 Å². The molecule has 0 bridgehead atoms. The quantitative estimate of drug-likeness (QED) is 0.767. The molecule has 2 aliphatic carbocycles. The summed E-state index contributed by atoms with van der Waals surface area (Å²) in [6, 6.07) is 7.22. The SMILES string of the molecule is S=C(Nc1ccc2c(c1)CCC2)NC1CC1. The summed E-state index contributed by atoms with van der Waals surface area (Å²) < 4.78 is 0. The lowest BCUT2D eigenvalue weighted by Crippen LogP contribution is -2.30. The third-order valence-electron chi connectivity index (χ3n) is 3.27. The van der Waals surface area contributed by atoms with Crippen molar-refractivity contribution in [2.45, 2.75) is 38.1 Å². The minimum Gasteiger partial charge on any atom is -0.360 e. The Morgan fingerprint density at radius 3 is 2.81 bits per heavy atom. The summed E-state index contributed by atoms with van der Waals surface area (Å²) in [5, 5.41) is 7.32. The molecular weight excluding hydrogens is 216 g/mol. The zero-order chi connectivity index (χ0) is 11.0. The summed E-state index contributed by atoms with van der Waals surface area (Å²) in [7, 11) is 0. The second-order valence-electron chi connectivity index (χ2n) is 4.71. The molecule has 3 rings (SSSR count). The van der Waals surface area contributed by atoms with Gasteiger partial charge in [-0.2, -0.15) is 0 Å². The maximum Gasteiger partial charge on any atom is 0.170 e. The zero-order valence-electron chi connectivity index (χ0n) is 9.25. The molecule has 2 nitrogen and oxygen atoms in total. The van der Waals surface area contributed by atoms with Gasteiger partial charge in [-0.25, -0.2) is 0 Å². The predicted octanol–water partition coefficient (Wildman–Crippen LogP) is 2.62. The summed E-state index contributed by atoms with van der Waals surface area (Å²) in [4.78, 5) is 0. The van der Waals surface area contributed by atoms with Crippen molar-refractivity contribution in [1.82, 2.24) is 5.32 Å². The Hall–Kier alpha value is -1.09. The maximum atomic E-state index is 5.26. The van der Waals surface area contributed by atoms with Gasteiger partial charge in [-0.1, -0.05) is 6.07 Å². The highest BCUT2D eigenvalue weighted by molar-refractivity contribution is 7.80. The van der Waals surface area contributed by atoms with Gasteiger partial charge in [-0.3, -0.25) is 0 Å². The monoisotopic (exact) mass is 232 g/mol. The highest BCUT2D eigenvalue weighted by Crippen LogP contribution is 2.25. The number of nitrogens with one attached hydrogen (secondary N) is 2. The Kier molecular flexibility index (Phi) is 2.56. The maximum absolute atomic E-state index is 5.26. The molecule has 0 heterocycles. The first-order chi connectivity index (χ1) is 7.81. The fraction of sp³-hybridized carbons (Fsp3) is 0.462. The summed E-state index contributed by atoms with van der Waals surface area (Å²) in [6.07, 6.45) is 6.26. The first-order valence-electron chi connectivity index (χ1n) is 6.00. The van der Waals surface area contributed by atoms with Crippen molar-refractivity contribution >= 4 is 23.0 Å². The Balaban J connectivity index is 1.67. The second-order valence-corrected chi connectivity index (χ2v) is 5.12. The summed E-state index contributed by atoms with van der Waals surface area (Å²) in [6.45, 7) is 0. The van der Waals surface area contributed by atoms with Crippen LogP contribution in [-0.2, 0) is 12.8 Å². The van der Waals surface area contributed by atoms with Gasteiger partial charge < -0.3 is 10.6 Å². The van der Waals surface area contributed by atoms with Crippen LogP contribution in [0, 0.1) is 0 Å². The average Bonchev–Trinajstić information content (AvgIpc) is 2.95. The molecule has 84 valence electrons. The van der Waals surface area contributed by atoms with Crippen LogP contribution >= 0.6 is 12.2 Å². The number of thiocarbonyl (C=S) groups is 1. The number of aryl methyl sites for hydroxylation is 2. The number of benzene rings is 1. The molecule has 2 N–H and O–H groups in total. The molecule has 0 amide bonds. The molecule has 0 saturated heterocycles. The van der Waals surface area contributed by atoms with Crippen LogP contribution in [0.25, 0.3) is 0 Å². The van der Waals surface area contributed by atoms with E-state index >= 15 is 0 Å². The molecule has 2 aliphatic rings. The van der Waals surface area contributed by atoms with Crippen LogP contribution in [0.1, 0.15) is 30.4 Å². The first-order valence-corrected chi connectivity index (χ1v) is 6.41. The third kappa shape index (κ3) is 2.19. The van der Waals surface area contributed by atoms with E-state index in [0.717, 1.165) is 10.8 Å². The van der Waals surface area contributed by atoms with E-state index in [-0.39, 0.29) is 0 Å². The van der Waals surface area contributed by atoms with E-state index in [1.54, 1.807) is 0 Å². The highest BCUT2D eigenvalue weighted by atomic mass is 32.1. The van der Waals surface area contributed by atoms with Crippen LogP contribution in [0.3, 0.4) is 0 Å². The van der Waals surface area contributed by atoms with Crippen LogP contribution in [0.15, 0.2) is 18.2 Å². The largest absolute Gasteiger partial charge is 0.360 e. The van der Waals surface area contributed by atoms with E-state index in [1.807, 2.05) is 0 Å². The van der Waals surface area contributed by atoms with E-state index in [4.69, 9.17) is 12.2 Å². The minimum atomic E-state index is 0.620. The zero-order valence-corrected chi connectivity index (χ0v) is 10.1. The lowest BCUT2D eigenvalue weighted by atomic mass is 10.1. The fourth-order valence-electron chi connectivity index (χ4n) is 2.23. The molecule has 1 aromatic carbocycles. The summed E-state index contributed by atoms with van der Waals surface area (Å²) in [5.41, 5.74) is 4.12. The van der Waals surface area contributed by atoms with E-state index in [0.29, 0.717) is 6.04 Å². The topological polar surface area (TPSA) is 24.1 Å². The highest BCUT2D eigenvalue weighted by Gasteiger charge is 2.21.